The van der Waals surface area contributed by atoms with E-state index in [0.29, 0.717) is 44.9 Å². The SMILES string of the molecule is CC1CCC(OCC(=O)NC23CCC(NC(=O)COC4CCC(Cl)C(F)C4)(CC2)[C@@H](O)C3)CC1. The van der Waals surface area contributed by atoms with Crippen LogP contribution < -0.4 is 10.6 Å². The summed E-state index contributed by atoms with van der Waals surface area (Å²) in [5.41, 5.74) is -1.14. The maximum Gasteiger partial charge on any atom is 0.246 e. The summed E-state index contributed by atoms with van der Waals surface area (Å²) in [6.07, 6.45) is 6.66. The Balaban J connectivity index is 1.20. The molecule has 3 unspecified atom stereocenters. The summed E-state index contributed by atoms with van der Waals surface area (Å²) in [4.78, 5) is 25.2. The van der Waals surface area contributed by atoms with Crippen LogP contribution in [0.3, 0.4) is 0 Å². The fraction of sp³-hybridized carbons (Fsp3) is 0.920. The first-order chi connectivity index (χ1) is 16.2. The van der Waals surface area contributed by atoms with Gasteiger partial charge in [-0.15, -0.1) is 11.6 Å². The van der Waals surface area contributed by atoms with Crippen molar-refractivity contribution in [1.82, 2.24) is 10.6 Å². The third-order valence-corrected chi connectivity index (χ3v) is 9.11. The van der Waals surface area contributed by atoms with E-state index in [1.165, 1.54) is 0 Å². The summed E-state index contributed by atoms with van der Waals surface area (Å²) >= 11 is 5.91. The number of amides is 2. The molecule has 2 bridgehead atoms. The highest BCUT2D eigenvalue weighted by Gasteiger charge is 2.55. The molecule has 7 nitrogen and oxygen atoms in total. The van der Waals surface area contributed by atoms with Crippen LogP contribution in [0.15, 0.2) is 0 Å². The minimum absolute atomic E-state index is 0.0570. The van der Waals surface area contributed by atoms with Gasteiger partial charge < -0.3 is 25.2 Å². The maximum atomic E-state index is 13.8. The quantitative estimate of drug-likeness (QED) is 0.443. The highest BCUT2D eigenvalue weighted by Crippen LogP contribution is 2.47. The van der Waals surface area contributed by atoms with Crippen LogP contribution in [-0.2, 0) is 19.1 Å². The smallest absolute Gasteiger partial charge is 0.246 e. The number of fused-ring (bicyclic) bond motifs is 3. The number of halogens is 2. The summed E-state index contributed by atoms with van der Waals surface area (Å²) in [6.45, 7) is 2.15. The highest BCUT2D eigenvalue weighted by atomic mass is 35.5. The number of alkyl halides is 2. The van der Waals surface area contributed by atoms with Crippen molar-refractivity contribution >= 4 is 23.4 Å². The first kappa shape index (κ1) is 26.1. The van der Waals surface area contributed by atoms with Gasteiger partial charge in [-0.25, -0.2) is 4.39 Å². The van der Waals surface area contributed by atoms with Crippen LogP contribution in [0.1, 0.15) is 84.0 Å². The number of carbonyl (C=O) groups is 2. The van der Waals surface area contributed by atoms with Crippen LogP contribution in [0.5, 0.6) is 0 Å². The second-order valence-corrected chi connectivity index (χ2v) is 11.8. The standard InChI is InChI=1S/C25H40ClFN2O5/c1-16-2-4-17(5-3-16)33-14-22(31)28-24-8-10-25(11-9-24,21(30)13-24)29-23(32)15-34-18-6-7-19(26)20(27)12-18/h16-21,30H,2-15H2,1H3,(H,28,31)(H,29,32)/t16?,17?,18?,19?,20?,21-,24?,25?/m0/s1. The molecule has 5 aliphatic rings. The Labute approximate surface area is 206 Å². The molecule has 194 valence electrons. The van der Waals surface area contributed by atoms with Gasteiger partial charge in [0, 0.05) is 12.0 Å². The van der Waals surface area contributed by atoms with Crippen LogP contribution in [-0.4, -0.2) is 71.1 Å². The Bertz CT molecular complexity index is 724. The second-order valence-electron chi connectivity index (χ2n) is 11.2. The van der Waals surface area contributed by atoms with Crippen molar-refractivity contribution < 1.29 is 28.6 Å². The third kappa shape index (κ3) is 6.23. The van der Waals surface area contributed by atoms with Crippen molar-refractivity contribution in [2.45, 2.75) is 125 Å². The molecule has 0 aromatic carbocycles. The third-order valence-electron chi connectivity index (χ3n) is 8.62. The fourth-order valence-corrected chi connectivity index (χ4v) is 6.51. The fourth-order valence-electron chi connectivity index (χ4n) is 6.28. The number of aliphatic hydroxyl groups is 1. The Morgan fingerprint density at radius 2 is 1.53 bits per heavy atom. The minimum atomic E-state index is -1.11. The van der Waals surface area contributed by atoms with Crippen molar-refractivity contribution in [3.05, 3.63) is 0 Å². The molecule has 0 aromatic heterocycles. The van der Waals surface area contributed by atoms with Gasteiger partial charge in [-0.05, 0) is 76.5 Å². The lowest BCUT2D eigenvalue weighted by molar-refractivity contribution is -0.142. The average molecular weight is 503 g/mol. The lowest BCUT2D eigenvalue weighted by Crippen LogP contribution is -2.70. The number of hydrogen-bond donors (Lipinski definition) is 3. The van der Waals surface area contributed by atoms with Crippen molar-refractivity contribution in [3.8, 4) is 0 Å². The number of carbonyl (C=O) groups excluding carboxylic acids is 2. The topological polar surface area (TPSA) is 96.9 Å². The minimum Gasteiger partial charge on any atom is -0.391 e. The summed E-state index contributed by atoms with van der Waals surface area (Å²) < 4.78 is 25.3. The van der Waals surface area contributed by atoms with Crippen LogP contribution in [0.4, 0.5) is 4.39 Å². The summed E-state index contributed by atoms with van der Waals surface area (Å²) in [7, 11) is 0. The van der Waals surface area contributed by atoms with Crippen molar-refractivity contribution in [2.24, 2.45) is 5.92 Å². The van der Waals surface area contributed by atoms with Gasteiger partial charge >= 0.3 is 0 Å². The van der Waals surface area contributed by atoms with Crippen molar-refractivity contribution in [3.63, 3.8) is 0 Å². The van der Waals surface area contributed by atoms with E-state index in [4.69, 9.17) is 21.1 Å². The van der Waals surface area contributed by atoms with Crippen molar-refractivity contribution in [2.75, 3.05) is 13.2 Å². The Morgan fingerprint density at radius 1 is 0.941 bits per heavy atom. The van der Waals surface area contributed by atoms with Gasteiger partial charge in [0.1, 0.15) is 19.4 Å². The normalized spacial score (nSPS) is 42.2. The zero-order valence-corrected chi connectivity index (χ0v) is 21.0. The second kappa shape index (κ2) is 11.0. The molecule has 2 amide bonds. The predicted octanol–water partition coefficient (Wildman–Crippen LogP) is 3.14. The van der Waals surface area contributed by atoms with Gasteiger partial charge in [0.25, 0.3) is 0 Å². The average Bonchev–Trinajstić information content (AvgIpc) is 2.81. The zero-order chi connectivity index (χ0) is 24.3. The Kier molecular flexibility index (Phi) is 8.43. The van der Waals surface area contributed by atoms with Crippen LogP contribution in [0.2, 0.25) is 0 Å². The van der Waals surface area contributed by atoms with Gasteiger partial charge in [-0.3, -0.25) is 9.59 Å². The molecule has 4 atom stereocenters. The van der Waals surface area contributed by atoms with E-state index in [1.54, 1.807) is 0 Å². The van der Waals surface area contributed by atoms with Gasteiger partial charge in [0.05, 0.1) is 29.2 Å². The predicted molar refractivity (Wildman–Crippen MR) is 126 cm³/mol. The molecule has 3 N–H and O–H groups in total. The number of ether oxygens (including phenoxy) is 2. The van der Waals surface area contributed by atoms with Gasteiger partial charge in [0.2, 0.25) is 11.8 Å². The van der Waals surface area contributed by atoms with Gasteiger partial charge in [0.15, 0.2) is 0 Å². The number of aliphatic hydroxyl groups excluding tert-OH is 1. The molecular formula is C25H40ClFN2O5. The zero-order valence-electron chi connectivity index (χ0n) is 20.2. The molecule has 9 heteroatoms. The van der Waals surface area contributed by atoms with Gasteiger partial charge in [-0.2, -0.15) is 0 Å². The van der Waals surface area contributed by atoms with Crippen LogP contribution >= 0.6 is 11.6 Å². The van der Waals surface area contributed by atoms with E-state index in [-0.39, 0.29) is 43.7 Å². The summed E-state index contributed by atoms with van der Waals surface area (Å²) in [5.74, 6) is 0.311. The van der Waals surface area contributed by atoms with E-state index in [1.807, 2.05) is 0 Å². The molecule has 0 aliphatic heterocycles. The van der Waals surface area contributed by atoms with Crippen LogP contribution in [0.25, 0.3) is 0 Å². The Hall–Kier alpha value is -0.960. The highest BCUT2D eigenvalue weighted by molar-refractivity contribution is 6.21. The van der Waals surface area contributed by atoms with E-state index in [9.17, 15) is 19.1 Å². The molecule has 0 saturated heterocycles. The molecule has 0 spiro atoms. The first-order valence-electron chi connectivity index (χ1n) is 13.0. The maximum absolute atomic E-state index is 13.8. The largest absolute Gasteiger partial charge is 0.391 e. The molecule has 0 heterocycles. The van der Waals surface area contributed by atoms with E-state index >= 15 is 0 Å². The lowest BCUT2D eigenvalue weighted by Gasteiger charge is -2.56. The van der Waals surface area contributed by atoms with Crippen LogP contribution in [0, 0.1) is 5.92 Å². The number of rotatable bonds is 8. The summed E-state index contributed by atoms with van der Waals surface area (Å²) in [6, 6.07) is 0. The summed E-state index contributed by atoms with van der Waals surface area (Å²) in [5, 5.41) is 16.6. The van der Waals surface area contributed by atoms with E-state index < -0.39 is 28.7 Å². The number of hydrogen-bond acceptors (Lipinski definition) is 5. The molecule has 34 heavy (non-hydrogen) atoms. The number of nitrogens with one attached hydrogen (secondary N) is 2. The first-order valence-corrected chi connectivity index (χ1v) is 13.4. The monoisotopic (exact) mass is 502 g/mol. The molecule has 5 fully saturated rings. The lowest BCUT2D eigenvalue weighted by atomic mass is 9.60. The molecular weight excluding hydrogens is 463 g/mol. The van der Waals surface area contributed by atoms with Gasteiger partial charge in [-0.1, -0.05) is 6.92 Å². The molecule has 5 aliphatic carbocycles. The molecule has 0 aromatic rings. The van der Waals surface area contributed by atoms with Crippen molar-refractivity contribution in [1.29, 1.82) is 0 Å². The van der Waals surface area contributed by atoms with E-state index in [0.717, 1.165) is 31.6 Å². The van der Waals surface area contributed by atoms with E-state index in [2.05, 4.69) is 17.6 Å². The molecule has 5 saturated carbocycles. The molecule has 5 rings (SSSR count). The Morgan fingerprint density at radius 3 is 2.15 bits per heavy atom. The molecule has 0 radical (unpaired) electrons.